The van der Waals surface area contributed by atoms with Crippen LogP contribution in [-0.2, 0) is 6.42 Å². The first-order valence-corrected chi connectivity index (χ1v) is 11.0. The van der Waals surface area contributed by atoms with E-state index >= 15 is 0 Å². The summed E-state index contributed by atoms with van der Waals surface area (Å²) >= 11 is 0. The molecule has 9 heteroatoms. The second-order valence-electron chi connectivity index (χ2n) is 8.25. The summed E-state index contributed by atoms with van der Waals surface area (Å²) in [5, 5.41) is 10.1. The third-order valence-electron chi connectivity index (χ3n) is 5.54. The van der Waals surface area contributed by atoms with Crippen LogP contribution in [0.1, 0.15) is 24.0 Å². The molecule has 0 radical (unpaired) electrons. The number of fused-ring (bicyclic) bond motifs is 1. The van der Waals surface area contributed by atoms with Crippen molar-refractivity contribution in [3.05, 3.63) is 64.3 Å². The minimum absolute atomic E-state index is 0.469. The average molecular weight is 447 g/mol. The standard InChI is InChI=1S/C24H26N6O3/c1-14-13-26-23(30-22(14)27-17-5-6-21-20(12-17)29-24(31)33-21)28-18-9-15(10-19(11-18)32-2)7-8-25-16-3-4-16/h5-6,9-13,16,25H,3-4,7-8H2,1-2H3,(H,29,31)(H2,26,27,28,30). The Morgan fingerprint density at radius 2 is 2.03 bits per heavy atom. The second kappa shape index (κ2) is 8.95. The van der Waals surface area contributed by atoms with Gasteiger partial charge in [0.1, 0.15) is 11.6 Å². The van der Waals surface area contributed by atoms with E-state index in [2.05, 4.69) is 43.0 Å². The molecule has 5 rings (SSSR count). The maximum Gasteiger partial charge on any atom is 0.417 e. The molecule has 2 aromatic heterocycles. The van der Waals surface area contributed by atoms with Crippen molar-refractivity contribution in [2.75, 3.05) is 24.3 Å². The van der Waals surface area contributed by atoms with Crippen molar-refractivity contribution in [1.82, 2.24) is 20.3 Å². The minimum atomic E-state index is -0.479. The molecule has 33 heavy (non-hydrogen) atoms. The lowest BCUT2D eigenvalue weighted by molar-refractivity contribution is 0.414. The molecular weight excluding hydrogens is 420 g/mol. The van der Waals surface area contributed by atoms with E-state index in [0.717, 1.165) is 35.7 Å². The first kappa shape index (κ1) is 21.0. The summed E-state index contributed by atoms with van der Waals surface area (Å²) in [4.78, 5) is 23.1. The highest BCUT2D eigenvalue weighted by atomic mass is 16.5. The maximum absolute atomic E-state index is 11.4. The average Bonchev–Trinajstić information content (AvgIpc) is 3.54. The Hall–Kier alpha value is -3.85. The van der Waals surface area contributed by atoms with Gasteiger partial charge in [-0.15, -0.1) is 0 Å². The first-order chi connectivity index (χ1) is 16.1. The molecule has 0 unspecified atom stereocenters. The third-order valence-corrected chi connectivity index (χ3v) is 5.54. The van der Waals surface area contributed by atoms with E-state index in [0.29, 0.717) is 28.9 Å². The Kier molecular flexibility index (Phi) is 5.70. The number of nitrogens with zero attached hydrogens (tertiary/aromatic N) is 2. The number of H-pyrrole nitrogens is 1. The van der Waals surface area contributed by atoms with Crippen molar-refractivity contribution in [1.29, 1.82) is 0 Å². The van der Waals surface area contributed by atoms with Crippen molar-refractivity contribution < 1.29 is 9.15 Å². The largest absolute Gasteiger partial charge is 0.497 e. The van der Waals surface area contributed by atoms with Gasteiger partial charge < -0.3 is 25.1 Å². The van der Waals surface area contributed by atoms with Crippen molar-refractivity contribution in [2.24, 2.45) is 0 Å². The molecule has 0 atom stereocenters. The van der Waals surface area contributed by atoms with Crippen LogP contribution in [0, 0.1) is 6.92 Å². The van der Waals surface area contributed by atoms with Crippen LogP contribution in [0.4, 0.5) is 23.1 Å². The molecule has 0 saturated heterocycles. The van der Waals surface area contributed by atoms with E-state index in [1.165, 1.54) is 18.4 Å². The van der Waals surface area contributed by atoms with Gasteiger partial charge in [0.25, 0.3) is 0 Å². The van der Waals surface area contributed by atoms with E-state index in [1.807, 2.05) is 19.1 Å². The Morgan fingerprint density at radius 1 is 1.15 bits per heavy atom. The van der Waals surface area contributed by atoms with Gasteiger partial charge in [0.05, 0.1) is 12.6 Å². The fourth-order valence-electron chi connectivity index (χ4n) is 3.63. The van der Waals surface area contributed by atoms with Crippen LogP contribution in [0.2, 0.25) is 0 Å². The quantitative estimate of drug-likeness (QED) is 0.305. The van der Waals surface area contributed by atoms with Crippen molar-refractivity contribution in [2.45, 2.75) is 32.2 Å². The smallest absolute Gasteiger partial charge is 0.417 e. The summed E-state index contributed by atoms with van der Waals surface area (Å²) in [5.74, 6) is 1.44. The van der Waals surface area contributed by atoms with Gasteiger partial charge in [-0.25, -0.2) is 9.78 Å². The summed E-state index contributed by atoms with van der Waals surface area (Å²) in [6.45, 7) is 2.87. The highest BCUT2D eigenvalue weighted by Crippen LogP contribution is 2.26. The fraction of sp³-hybridized carbons (Fsp3) is 0.292. The summed E-state index contributed by atoms with van der Waals surface area (Å²) in [7, 11) is 1.67. The van der Waals surface area contributed by atoms with E-state index in [4.69, 9.17) is 9.15 Å². The number of aromatic nitrogens is 3. The Balaban J connectivity index is 1.34. The molecule has 0 amide bonds. The molecule has 0 aliphatic heterocycles. The fourth-order valence-corrected chi connectivity index (χ4v) is 3.63. The lowest BCUT2D eigenvalue weighted by Gasteiger charge is -2.13. The lowest BCUT2D eigenvalue weighted by atomic mass is 10.1. The van der Waals surface area contributed by atoms with Gasteiger partial charge in [-0.05, 0) is 68.6 Å². The van der Waals surface area contributed by atoms with Crippen LogP contribution in [0.5, 0.6) is 5.75 Å². The number of hydrogen-bond acceptors (Lipinski definition) is 8. The van der Waals surface area contributed by atoms with Gasteiger partial charge in [-0.3, -0.25) is 4.98 Å². The van der Waals surface area contributed by atoms with Crippen LogP contribution in [0.3, 0.4) is 0 Å². The molecule has 170 valence electrons. The number of hydrogen-bond donors (Lipinski definition) is 4. The molecule has 1 aliphatic rings. The predicted molar refractivity (Wildman–Crippen MR) is 128 cm³/mol. The van der Waals surface area contributed by atoms with E-state index in [-0.39, 0.29) is 0 Å². The SMILES string of the molecule is COc1cc(CCNC2CC2)cc(Nc2ncc(C)c(Nc3ccc4oc(=O)[nH]c4c3)n2)c1. The Bertz CT molecular complexity index is 1340. The van der Waals surface area contributed by atoms with Crippen LogP contribution in [-0.4, -0.2) is 34.6 Å². The second-order valence-corrected chi connectivity index (χ2v) is 8.25. The normalized spacial score (nSPS) is 13.3. The molecule has 1 saturated carbocycles. The number of benzene rings is 2. The molecule has 4 aromatic rings. The zero-order valence-corrected chi connectivity index (χ0v) is 18.6. The highest BCUT2D eigenvalue weighted by Gasteiger charge is 2.19. The van der Waals surface area contributed by atoms with Gasteiger partial charge in [0.15, 0.2) is 5.58 Å². The molecule has 2 aromatic carbocycles. The molecule has 4 N–H and O–H groups in total. The maximum atomic E-state index is 11.4. The Labute approximate surface area is 190 Å². The van der Waals surface area contributed by atoms with E-state index in [9.17, 15) is 4.79 Å². The zero-order valence-electron chi connectivity index (χ0n) is 18.6. The number of nitrogens with one attached hydrogen (secondary N) is 4. The number of anilines is 4. The van der Waals surface area contributed by atoms with Gasteiger partial charge in [-0.1, -0.05) is 0 Å². The lowest BCUT2D eigenvalue weighted by Crippen LogP contribution is -2.19. The monoisotopic (exact) mass is 446 g/mol. The summed E-state index contributed by atoms with van der Waals surface area (Å²) < 4.78 is 10.5. The summed E-state index contributed by atoms with van der Waals surface area (Å²) in [5.41, 5.74) is 4.84. The predicted octanol–water partition coefficient (Wildman–Crippen LogP) is 4.01. The molecule has 0 spiro atoms. The number of methoxy groups -OCH3 is 1. The molecule has 2 heterocycles. The molecule has 1 fully saturated rings. The van der Waals surface area contributed by atoms with E-state index < -0.39 is 5.76 Å². The van der Waals surface area contributed by atoms with E-state index in [1.54, 1.807) is 25.4 Å². The topological polar surface area (TPSA) is 117 Å². The van der Waals surface area contributed by atoms with Gasteiger partial charge in [0, 0.05) is 35.2 Å². The van der Waals surface area contributed by atoms with Crippen molar-refractivity contribution in [3.63, 3.8) is 0 Å². The number of aromatic amines is 1. The molecule has 1 aliphatic carbocycles. The van der Waals surface area contributed by atoms with Gasteiger partial charge in [0.2, 0.25) is 5.95 Å². The number of aryl methyl sites for hydroxylation is 1. The van der Waals surface area contributed by atoms with Crippen molar-refractivity contribution in [3.8, 4) is 5.75 Å². The number of oxazole rings is 1. The van der Waals surface area contributed by atoms with Crippen LogP contribution in [0.25, 0.3) is 11.1 Å². The first-order valence-electron chi connectivity index (χ1n) is 11.0. The number of rotatable bonds is 9. The van der Waals surface area contributed by atoms with Crippen LogP contribution < -0.4 is 26.4 Å². The number of ether oxygens (including phenoxy) is 1. The zero-order chi connectivity index (χ0) is 22.8. The van der Waals surface area contributed by atoms with Gasteiger partial charge in [-0.2, -0.15) is 4.98 Å². The molecule has 0 bridgehead atoms. The molecular formula is C24H26N6O3. The van der Waals surface area contributed by atoms with Crippen LogP contribution >= 0.6 is 0 Å². The summed E-state index contributed by atoms with van der Waals surface area (Å²) in [6, 6.07) is 12.1. The van der Waals surface area contributed by atoms with Crippen molar-refractivity contribution >= 4 is 34.2 Å². The van der Waals surface area contributed by atoms with Crippen LogP contribution in [0.15, 0.2) is 51.8 Å². The Morgan fingerprint density at radius 3 is 2.85 bits per heavy atom. The highest BCUT2D eigenvalue weighted by molar-refractivity contribution is 5.78. The minimum Gasteiger partial charge on any atom is -0.497 e. The third kappa shape index (κ3) is 5.15. The summed E-state index contributed by atoms with van der Waals surface area (Å²) in [6.07, 6.45) is 5.24. The molecule has 9 nitrogen and oxygen atoms in total. The van der Waals surface area contributed by atoms with Gasteiger partial charge >= 0.3 is 5.76 Å².